The Balaban J connectivity index is 3.00. The molecule has 0 aliphatic heterocycles. The Morgan fingerprint density at radius 2 is 1.48 bits per heavy atom. The molecule has 0 radical (unpaired) electrons. The van der Waals surface area contributed by atoms with Gasteiger partial charge in [0.1, 0.15) is 0 Å². The predicted molar refractivity (Wildman–Crippen MR) is 78.8 cm³/mol. The van der Waals surface area contributed by atoms with Gasteiger partial charge < -0.3 is 19.9 Å². The van der Waals surface area contributed by atoms with Gasteiger partial charge in [-0.2, -0.15) is 0 Å². The molecule has 1 aromatic carbocycles. The van der Waals surface area contributed by atoms with Crippen molar-refractivity contribution in [1.29, 1.82) is 0 Å². The van der Waals surface area contributed by atoms with Gasteiger partial charge in [0.15, 0.2) is 0 Å². The number of amides is 1. The third kappa shape index (κ3) is 5.95. The van der Waals surface area contributed by atoms with Crippen molar-refractivity contribution in [2.45, 2.75) is 26.1 Å². The highest BCUT2D eigenvalue weighted by atomic mass is 35.5. The van der Waals surface area contributed by atoms with Crippen LogP contribution in [0.5, 0.6) is 0 Å². The van der Waals surface area contributed by atoms with E-state index in [2.05, 4.69) is 10.1 Å². The number of ether oxygens (including phenoxy) is 2. The largest absolute Gasteiger partial charge is 0.478 e. The van der Waals surface area contributed by atoms with Crippen LogP contribution in [0.25, 0.3) is 0 Å². The lowest BCUT2D eigenvalue weighted by Gasteiger charge is -2.22. The summed E-state index contributed by atoms with van der Waals surface area (Å²) in [6, 6.07) is 5.93. The monoisotopic (exact) mass is 343 g/mol. The van der Waals surface area contributed by atoms with Gasteiger partial charge in [-0.3, -0.25) is 14.4 Å². The fourth-order valence-electron chi connectivity index (χ4n) is 1.60. The quantitative estimate of drug-likeness (QED) is 0.745. The Labute approximate surface area is 136 Å². The first-order valence-electron chi connectivity index (χ1n) is 6.34. The van der Waals surface area contributed by atoms with Crippen LogP contribution >= 0.6 is 11.6 Å². The molecule has 1 aromatic rings. The van der Waals surface area contributed by atoms with E-state index in [-0.39, 0.29) is 0 Å². The maximum Gasteiger partial charge on any atom is 0.349 e. The normalized spacial score (nSPS) is 12.7. The van der Waals surface area contributed by atoms with Gasteiger partial charge in [-0.25, -0.2) is 4.79 Å². The number of carboxylic acid groups (broad SMARTS) is 1. The molecule has 0 aromatic heterocycles. The van der Waals surface area contributed by atoms with Crippen molar-refractivity contribution in [2.75, 3.05) is 5.32 Å². The Kier molecular flexibility index (Phi) is 6.52. The highest BCUT2D eigenvalue weighted by Gasteiger charge is 2.39. The molecule has 1 amide bonds. The van der Waals surface area contributed by atoms with Gasteiger partial charge in [-0.15, -0.1) is 0 Å². The number of carbonyl (C=O) groups is 4. The molecule has 0 unspecified atom stereocenters. The van der Waals surface area contributed by atoms with Gasteiger partial charge in [-0.05, 0) is 24.3 Å². The molecule has 8 nitrogen and oxygen atoms in total. The second-order valence-electron chi connectivity index (χ2n) is 4.39. The third-order valence-electron chi connectivity index (χ3n) is 2.47. The van der Waals surface area contributed by atoms with E-state index in [0.717, 1.165) is 13.8 Å². The van der Waals surface area contributed by atoms with Gasteiger partial charge >= 0.3 is 17.9 Å². The molecule has 0 heterocycles. The highest BCUT2D eigenvalue weighted by Crippen LogP contribution is 2.15. The summed E-state index contributed by atoms with van der Waals surface area (Å²) in [5.41, 5.74) is 0.295. The van der Waals surface area contributed by atoms with E-state index in [1.165, 1.54) is 24.3 Å². The molecule has 0 fully saturated rings. The molecule has 0 saturated carbocycles. The zero-order chi connectivity index (χ0) is 17.6. The highest BCUT2D eigenvalue weighted by molar-refractivity contribution is 6.30. The lowest BCUT2D eigenvalue weighted by molar-refractivity contribution is -0.179. The minimum Gasteiger partial charge on any atom is -0.478 e. The first-order valence-corrected chi connectivity index (χ1v) is 6.72. The van der Waals surface area contributed by atoms with Crippen molar-refractivity contribution in [2.24, 2.45) is 0 Å². The summed E-state index contributed by atoms with van der Waals surface area (Å²) in [6.45, 7) is 1.97. The minimum absolute atomic E-state index is 0.295. The van der Waals surface area contributed by atoms with Crippen molar-refractivity contribution in [3.8, 4) is 0 Å². The fourth-order valence-corrected chi connectivity index (χ4v) is 1.72. The fraction of sp³-hybridized carbons (Fsp3) is 0.286. The van der Waals surface area contributed by atoms with Crippen LogP contribution in [0.4, 0.5) is 5.69 Å². The van der Waals surface area contributed by atoms with Crippen molar-refractivity contribution < 1.29 is 33.8 Å². The zero-order valence-corrected chi connectivity index (χ0v) is 13.0. The average molecular weight is 344 g/mol. The summed E-state index contributed by atoms with van der Waals surface area (Å²) in [5.74, 6) is -4.43. The number of carbonyl (C=O) groups excluding carboxylic acids is 3. The van der Waals surface area contributed by atoms with E-state index in [1.807, 2.05) is 0 Å². The second kappa shape index (κ2) is 8.14. The van der Waals surface area contributed by atoms with E-state index in [4.69, 9.17) is 21.4 Å². The molecule has 0 bridgehead atoms. The molecule has 23 heavy (non-hydrogen) atoms. The molecule has 2 atom stereocenters. The van der Waals surface area contributed by atoms with Crippen LogP contribution in [0, 0.1) is 0 Å². The van der Waals surface area contributed by atoms with Crippen LogP contribution in [-0.2, 0) is 28.7 Å². The Bertz CT molecular complexity index is 614. The van der Waals surface area contributed by atoms with Crippen LogP contribution in [0.15, 0.2) is 24.3 Å². The van der Waals surface area contributed by atoms with Gasteiger partial charge in [0, 0.05) is 24.6 Å². The third-order valence-corrected chi connectivity index (χ3v) is 2.73. The molecule has 2 N–H and O–H groups in total. The molecule has 1 rings (SSSR count). The summed E-state index contributed by atoms with van der Waals surface area (Å²) in [5, 5.41) is 11.9. The van der Waals surface area contributed by atoms with Crippen LogP contribution < -0.4 is 5.32 Å². The lowest BCUT2D eigenvalue weighted by atomic mass is 10.1. The number of hydrogen-bond donors (Lipinski definition) is 2. The van der Waals surface area contributed by atoms with E-state index >= 15 is 0 Å². The molecule has 0 saturated heterocycles. The molecule has 124 valence electrons. The lowest BCUT2D eigenvalue weighted by Crippen LogP contribution is -2.47. The predicted octanol–water partition coefficient (Wildman–Crippen LogP) is 1.23. The number of halogens is 1. The first kappa shape index (κ1) is 18.4. The van der Waals surface area contributed by atoms with Gasteiger partial charge in [0.25, 0.3) is 5.91 Å². The van der Waals surface area contributed by atoms with Crippen LogP contribution in [-0.4, -0.2) is 41.1 Å². The maximum absolute atomic E-state index is 12.2. The minimum atomic E-state index is -1.97. The maximum atomic E-state index is 12.2. The van der Waals surface area contributed by atoms with E-state index in [1.54, 1.807) is 0 Å². The van der Waals surface area contributed by atoms with Crippen LogP contribution in [0.1, 0.15) is 13.8 Å². The summed E-state index contributed by atoms with van der Waals surface area (Å²) < 4.78 is 9.25. The topological polar surface area (TPSA) is 119 Å². The summed E-state index contributed by atoms with van der Waals surface area (Å²) >= 11 is 5.71. The van der Waals surface area contributed by atoms with Gasteiger partial charge in [-0.1, -0.05) is 11.6 Å². The molecule has 0 aliphatic carbocycles. The van der Waals surface area contributed by atoms with Crippen molar-refractivity contribution in [3.63, 3.8) is 0 Å². The molecule has 0 spiro atoms. The zero-order valence-electron chi connectivity index (χ0n) is 12.2. The molecule has 0 aliphatic rings. The standard InChI is InChI=1S/C14H14ClNO7/c1-7(17)22-11(12(14(20)21)23-8(2)18)13(19)16-10-5-3-9(15)4-6-10/h3-6,11-12H,1-2H3,(H,16,19)(H,20,21)/t11-,12-/m0/s1. The van der Waals surface area contributed by atoms with Crippen LogP contribution in [0.2, 0.25) is 5.02 Å². The number of carboxylic acids is 1. The number of benzene rings is 1. The number of anilines is 1. The Hall–Kier alpha value is -2.61. The average Bonchev–Trinajstić information content (AvgIpc) is 2.44. The van der Waals surface area contributed by atoms with Crippen LogP contribution in [0.3, 0.4) is 0 Å². The number of nitrogens with one attached hydrogen (secondary N) is 1. The Morgan fingerprint density at radius 3 is 1.91 bits per heavy atom. The summed E-state index contributed by atoms with van der Waals surface area (Å²) in [6.07, 6.45) is -3.81. The van der Waals surface area contributed by atoms with Gasteiger partial charge in [0.2, 0.25) is 12.2 Å². The summed E-state index contributed by atoms with van der Waals surface area (Å²) in [7, 11) is 0. The number of esters is 2. The molecular weight excluding hydrogens is 330 g/mol. The number of rotatable bonds is 6. The molecular formula is C14H14ClNO7. The second-order valence-corrected chi connectivity index (χ2v) is 4.83. The SMILES string of the molecule is CC(=O)O[C@H](C(=O)O)[C@H](OC(C)=O)C(=O)Nc1ccc(Cl)cc1. The summed E-state index contributed by atoms with van der Waals surface area (Å²) in [4.78, 5) is 45.5. The van der Waals surface area contributed by atoms with E-state index in [9.17, 15) is 19.2 Å². The van der Waals surface area contributed by atoms with Gasteiger partial charge in [0.05, 0.1) is 0 Å². The first-order chi connectivity index (χ1) is 10.7. The Morgan fingerprint density at radius 1 is 1.00 bits per heavy atom. The molecule has 9 heteroatoms. The van der Waals surface area contributed by atoms with Crippen molar-refractivity contribution in [3.05, 3.63) is 29.3 Å². The smallest absolute Gasteiger partial charge is 0.349 e. The number of hydrogen-bond acceptors (Lipinski definition) is 6. The van der Waals surface area contributed by atoms with Crippen molar-refractivity contribution in [1.82, 2.24) is 0 Å². The number of aliphatic carboxylic acids is 1. The van der Waals surface area contributed by atoms with E-state index in [0.29, 0.717) is 10.7 Å². The van der Waals surface area contributed by atoms with E-state index < -0.39 is 36.0 Å². The van der Waals surface area contributed by atoms with Crippen molar-refractivity contribution >= 4 is 41.1 Å².